The molecule has 0 aliphatic heterocycles. The van der Waals surface area contributed by atoms with E-state index in [0.29, 0.717) is 11.6 Å². The van der Waals surface area contributed by atoms with E-state index in [-0.39, 0.29) is 12.5 Å². The van der Waals surface area contributed by atoms with Crippen LogP contribution in [0.4, 0.5) is 11.5 Å². The number of carbonyl (C=O) groups is 1. The quantitative estimate of drug-likeness (QED) is 0.678. The monoisotopic (exact) mass is 347 g/mol. The minimum absolute atomic E-state index is 0.0566. The minimum Gasteiger partial charge on any atom is -0.484 e. The van der Waals surface area contributed by atoms with Gasteiger partial charge in [-0.05, 0) is 42.3 Å². The average Bonchev–Trinajstić information content (AvgIpc) is 2.68. The Labute approximate surface area is 153 Å². The smallest absolute Gasteiger partial charge is 0.263 e. The summed E-state index contributed by atoms with van der Waals surface area (Å²) in [6, 6.07) is 21.1. The molecule has 0 atom stereocenters. The van der Waals surface area contributed by atoms with E-state index in [1.165, 1.54) is 11.1 Å². The summed E-state index contributed by atoms with van der Waals surface area (Å²) in [5.41, 5.74) is 3.38. The van der Waals surface area contributed by atoms with E-state index < -0.39 is 0 Å². The Balaban J connectivity index is 1.48. The normalized spacial score (nSPS) is 10.2. The highest BCUT2D eigenvalue weighted by Gasteiger charge is 2.05. The van der Waals surface area contributed by atoms with E-state index in [2.05, 4.69) is 34.7 Å². The van der Waals surface area contributed by atoms with Crippen molar-refractivity contribution in [3.8, 4) is 5.75 Å². The zero-order valence-corrected chi connectivity index (χ0v) is 14.6. The Morgan fingerprint density at radius 2 is 1.77 bits per heavy atom. The van der Waals surface area contributed by atoms with Gasteiger partial charge in [-0.3, -0.25) is 4.79 Å². The molecule has 26 heavy (non-hydrogen) atoms. The maximum Gasteiger partial charge on any atom is 0.263 e. The van der Waals surface area contributed by atoms with Crippen LogP contribution in [0.2, 0.25) is 0 Å². The molecule has 5 heteroatoms. The number of amides is 1. The van der Waals surface area contributed by atoms with Crippen LogP contribution >= 0.6 is 0 Å². The molecule has 0 saturated heterocycles. The third-order valence-corrected chi connectivity index (χ3v) is 3.89. The standard InChI is InChI=1S/C21H21N3O2/c1-16-7-5-6-8-17(16)13-22-18-11-12-20(23-14-18)24-21(25)15-26-19-9-3-2-4-10-19/h2-12,14,22H,13,15H2,1H3,(H,23,24,25). The lowest BCUT2D eigenvalue weighted by atomic mass is 10.1. The molecule has 0 saturated carbocycles. The first-order valence-corrected chi connectivity index (χ1v) is 8.43. The van der Waals surface area contributed by atoms with E-state index >= 15 is 0 Å². The van der Waals surface area contributed by atoms with Crippen molar-refractivity contribution in [1.82, 2.24) is 4.98 Å². The summed E-state index contributed by atoms with van der Waals surface area (Å²) < 4.78 is 5.41. The van der Waals surface area contributed by atoms with Gasteiger partial charge >= 0.3 is 0 Å². The van der Waals surface area contributed by atoms with Crippen molar-refractivity contribution in [3.05, 3.63) is 84.1 Å². The van der Waals surface area contributed by atoms with Crippen LogP contribution in [0, 0.1) is 6.92 Å². The highest BCUT2D eigenvalue weighted by Crippen LogP contribution is 2.13. The second kappa shape index (κ2) is 8.67. The van der Waals surface area contributed by atoms with Crippen LogP contribution in [0.1, 0.15) is 11.1 Å². The number of pyridine rings is 1. The summed E-state index contributed by atoms with van der Waals surface area (Å²) in [6.07, 6.45) is 1.70. The number of hydrogen-bond donors (Lipinski definition) is 2. The molecular weight excluding hydrogens is 326 g/mol. The Kier molecular flexibility index (Phi) is 5.83. The number of benzene rings is 2. The first-order chi connectivity index (χ1) is 12.7. The predicted molar refractivity (Wildman–Crippen MR) is 103 cm³/mol. The van der Waals surface area contributed by atoms with Crippen molar-refractivity contribution < 1.29 is 9.53 Å². The van der Waals surface area contributed by atoms with Crippen LogP contribution < -0.4 is 15.4 Å². The van der Waals surface area contributed by atoms with Gasteiger partial charge in [-0.1, -0.05) is 42.5 Å². The van der Waals surface area contributed by atoms with Gasteiger partial charge in [-0.2, -0.15) is 0 Å². The number of ether oxygens (including phenoxy) is 1. The van der Waals surface area contributed by atoms with E-state index in [1.807, 2.05) is 36.4 Å². The number of aryl methyl sites for hydroxylation is 1. The molecule has 0 aliphatic rings. The van der Waals surface area contributed by atoms with Crippen molar-refractivity contribution >= 4 is 17.4 Å². The van der Waals surface area contributed by atoms with Crippen LogP contribution in [0.5, 0.6) is 5.75 Å². The zero-order chi connectivity index (χ0) is 18.2. The highest BCUT2D eigenvalue weighted by atomic mass is 16.5. The Bertz CT molecular complexity index is 849. The second-order valence-corrected chi connectivity index (χ2v) is 5.86. The van der Waals surface area contributed by atoms with Crippen molar-refractivity contribution in [2.75, 3.05) is 17.2 Å². The summed E-state index contributed by atoms with van der Waals surface area (Å²) in [6.45, 7) is 2.76. The Morgan fingerprint density at radius 1 is 1.00 bits per heavy atom. The summed E-state index contributed by atoms with van der Waals surface area (Å²) >= 11 is 0. The molecule has 2 N–H and O–H groups in total. The average molecular weight is 347 g/mol. The van der Waals surface area contributed by atoms with Gasteiger partial charge in [0, 0.05) is 6.54 Å². The second-order valence-electron chi connectivity index (χ2n) is 5.86. The Morgan fingerprint density at radius 3 is 2.50 bits per heavy atom. The molecule has 3 rings (SSSR count). The van der Waals surface area contributed by atoms with Crippen molar-refractivity contribution in [2.45, 2.75) is 13.5 Å². The molecule has 132 valence electrons. The third kappa shape index (κ3) is 5.08. The number of para-hydroxylation sites is 1. The number of rotatable bonds is 7. The molecule has 2 aromatic carbocycles. The minimum atomic E-state index is -0.248. The predicted octanol–water partition coefficient (Wildman–Crippen LogP) is 4.02. The summed E-state index contributed by atoms with van der Waals surface area (Å²) in [7, 11) is 0. The summed E-state index contributed by atoms with van der Waals surface area (Å²) in [4.78, 5) is 16.2. The van der Waals surface area contributed by atoms with Gasteiger partial charge in [0.1, 0.15) is 11.6 Å². The highest BCUT2D eigenvalue weighted by molar-refractivity contribution is 5.91. The molecular formula is C21H21N3O2. The maximum absolute atomic E-state index is 11.9. The van der Waals surface area contributed by atoms with Crippen molar-refractivity contribution in [2.24, 2.45) is 0 Å². The van der Waals surface area contributed by atoms with Gasteiger partial charge in [0.25, 0.3) is 5.91 Å². The largest absolute Gasteiger partial charge is 0.484 e. The molecule has 0 spiro atoms. The number of anilines is 2. The SMILES string of the molecule is Cc1ccccc1CNc1ccc(NC(=O)COc2ccccc2)nc1. The van der Waals surface area contributed by atoms with Crippen LogP contribution in [0.15, 0.2) is 72.9 Å². The number of nitrogens with one attached hydrogen (secondary N) is 2. The lowest BCUT2D eigenvalue weighted by Crippen LogP contribution is -2.20. The first kappa shape index (κ1) is 17.5. The van der Waals surface area contributed by atoms with Crippen molar-refractivity contribution in [1.29, 1.82) is 0 Å². The van der Waals surface area contributed by atoms with Gasteiger partial charge in [-0.15, -0.1) is 0 Å². The van der Waals surface area contributed by atoms with Gasteiger partial charge in [-0.25, -0.2) is 4.98 Å². The van der Waals surface area contributed by atoms with Gasteiger partial charge in [0.15, 0.2) is 6.61 Å². The van der Waals surface area contributed by atoms with E-state index in [9.17, 15) is 4.79 Å². The van der Waals surface area contributed by atoms with Crippen molar-refractivity contribution in [3.63, 3.8) is 0 Å². The molecule has 1 amide bonds. The molecule has 0 unspecified atom stereocenters. The summed E-state index contributed by atoms with van der Waals surface area (Å²) in [5, 5.41) is 6.05. The molecule has 1 aromatic heterocycles. The maximum atomic E-state index is 11.9. The molecule has 0 bridgehead atoms. The van der Waals surface area contributed by atoms with E-state index in [4.69, 9.17) is 4.74 Å². The van der Waals surface area contributed by atoms with Gasteiger partial charge in [0.2, 0.25) is 0 Å². The number of carbonyl (C=O) groups excluding carboxylic acids is 1. The van der Waals surface area contributed by atoms with Crippen LogP contribution in [-0.2, 0) is 11.3 Å². The molecule has 0 radical (unpaired) electrons. The fourth-order valence-electron chi connectivity index (χ4n) is 2.42. The fourth-order valence-corrected chi connectivity index (χ4v) is 2.42. The zero-order valence-electron chi connectivity index (χ0n) is 14.6. The van der Waals surface area contributed by atoms with E-state index in [1.54, 1.807) is 24.4 Å². The third-order valence-electron chi connectivity index (χ3n) is 3.89. The summed E-state index contributed by atoms with van der Waals surface area (Å²) in [5.74, 6) is 0.904. The van der Waals surface area contributed by atoms with Crippen LogP contribution in [0.3, 0.4) is 0 Å². The van der Waals surface area contributed by atoms with Crippen LogP contribution in [0.25, 0.3) is 0 Å². The number of nitrogens with zero attached hydrogens (tertiary/aromatic N) is 1. The number of hydrogen-bond acceptors (Lipinski definition) is 4. The molecule has 5 nitrogen and oxygen atoms in total. The van der Waals surface area contributed by atoms with Crippen LogP contribution in [-0.4, -0.2) is 17.5 Å². The lowest BCUT2D eigenvalue weighted by Gasteiger charge is -2.10. The molecule has 0 fully saturated rings. The number of aromatic nitrogens is 1. The Hall–Kier alpha value is -3.34. The van der Waals surface area contributed by atoms with Gasteiger partial charge in [0.05, 0.1) is 11.9 Å². The molecule has 1 heterocycles. The van der Waals surface area contributed by atoms with Gasteiger partial charge < -0.3 is 15.4 Å². The topological polar surface area (TPSA) is 63.2 Å². The molecule has 0 aliphatic carbocycles. The first-order valence-electron chi connectivity index (χ1n) is 8.43. The fraction of sp³-hybridized carbons (Fsp3) is 0.143. The van der Waals surface area contributed by atoms with E-state index in [0.717, 1.165) is 12.2 Å². The molecule has 3 aromatic rings. The lowest BCUT2D eigenvalue weighted by molar-refractivity contribution is -0.118.